The van der Waals surface area contributed by atoms with Crippen LogP contribution >= 0.6 is 34.8 Å². The molecule has 0 amide bonds. The van der Waals surface area contributed by atoms with Gasteiger partial charge < -0.3 is 5.73 Å². The second-order valence-corrected chi connectivity index (χ2v) is 4.74. The number of hydrogen-bond acceptors (Lipinski definition) is 3. The number of halogens is 3. The van der Waals surface area contributed by atoms with Crippen LogP contribution in [0.15, 0.2) is 24.4 Å². The van der Waals surface area contributed by atoms with Crippen LogP contribution in [0.25, 0.3) is 11.3 Å². The molecule has 0 radical (unpaired) electrons. The van der Waals surface area contributed by atoms with Crippen LogP contribution in [0, 0.1) is 11.3 Å². The van der Waals surface area contributed by atoms with Gasteiger partial charge in [0.1, 0.15) is 6.07 Å². The Kier molecular flexibility index (Phi) is 3.63. The van der Waals surface area contributed by atoms with Crippen LogP contribution in [0.1, 0.15) is 5.56 Å². The molecule has 0 unspecified atom stereocenters. The zero-order valence-corrected chi connectivity index (χ0v) is 11.2. The lowest BCUT2D eigenvalue weighted by Crippen LogP contribution is -1.94. The molecule has 90 valence electrons. The largest absolute Gasteiger partial charge is 0.396 e. The number of benzene rings is 1. The van der Waals surface area contributed by atoms with E-state index >= 15 is 0 Å². The highest BCUT2D eigenvalue weighted by Gasteiger charge is 2.11. The summed E-state index contributed by atoms with van der Waals surface area (Å²) in [7, 11) is 0. The predicted octanol–water partition coefficient (Wildman–Crippen LogP) is 4.16. The van der Waals surface area contributed by atoms with Crippen LogP contribution < -0.4 is 5.73 Å². The average molecular weight is 299 g/mol. The molecule has 0 saturated carbocycles. The Bertz CT molecular complexity index is 662. The monoisotopic (exact) mass is 297 g/mol. The molecule has 0 aliphatic rings. The highest BCUT2D eigenvalue weighted by molar-refractivity contribution is 6.44. The number of nitrogen functional groups attached to an aromatic ring is 1. The van der Waals surface area contributed by atoms with Gasteiger partial charge in [-0.25, -0.2) is 0 Å². The quantitative estimate of drug-likeness (QED) is 0.804. The van der Waals surface area contributed by atoms with Gasteiger partial charge in [-0.3, -0.25) is 4.98 Å². The minimum Gasteiger partial charge on any atom is -0.396 e. The highest BCUT2D eigenvalue weighted by Crippen LogP contribution is 2.34. The van der Waals surface area contributed by atoms with E-state index in [2.05, 4.69) is 4.98 Å². The third-order valence-electron chi connectivity index (χ3n) is 2.34. The van der Waals surface area contributed by atoms with Gasteiger partial charge in [0, 0.05) is 5.56 Å². The molecule has 18 heavy (non-hydrogen) atoms. The minimum absolute atomic E-state index is 0.317. The first-order valence-corrected chi connectivity index (χ1v) is 5.97. The van der Waals surface area contributed by atoms with Crippen LogP contribution in [0.5, 0.6) is 0 Å². The molecule has 3 nitrogen and oxygen atoms in total. The van der Waals surface area contributed by atoms with E-state index in [0.29, 0.717) is 37.6 Å². The summed E-state index contributed by atoms with van der Waals surface area (Å²) in [5.41, 5.74) is 7.37. The van der Waals surface area contributed by atoms with Crippen molar-refractivity contribution in [3.05, 3.63) is 45.0 Å². The number of aromatic nitrogens is 1. The lowest BCUT2D eigenvalue weighted by Gasteiger charge is -2.07. The second-order valence-electron chi connectivity index (χ2n) is 3.51. The molecule has 2 N–H and O–H groups in total. The Labute approximate surface area is 119 Å². The SMILES string of the molecule is N#Cc1cc(-c2cc(Cl)c(Cl)cc2Cl)ncc1N. The number of nitrogens with two attached hydrogens (primary N) is 1. The molecule has 2 rings (SSSR count). The van der Waals surface area contributed by atoms with Gasteiger partial charge in [-0.05, 0) is 18.2 Å². The van der Waals surface area contributed by atoms with Gasteiger partial charge in [0.15, 0.2) is 0 Å². The molecule has 0 bridgehead atoms. The molecular weight excluding hydrogens is 293 g/mol. The topological polar surface area (TPSA) is 62.7 Å². The molecule has 1 aromatic heterocycles. The Balaban J connectivity index is 2.63. The van der Waals surface area contributed by atoms with Crippen molar-refractivity contribution in [2.24, 2.45) is 0 Å². The normalized spacial score (nSPS) is 10.1. The van der Waals surface area contributed by atoms with Crippen molar-refractivity contribution >= 4 is 40.5 Å². The summed E-state index contributed by atoms with van der Waals surface area (Å²) in [6, 6.07) is 6.68. The fourth-order valence-corrected chi connectivity index (χ4v) is 2.07. The van der Waals surface area contributed by atoms with Gasteiger partial charge in [0.05, 0.1) is 38.2 Å². The van der Waals surface area contributed by atoms with Crippen molar-refractivity contribution in [2.75, 3.05) is 5.73 Å². The molecule has 0 fully saturated rings. The smallest absolute Gasteiger partial charge is 0.101 e. The number of anilines is 1. The molecule has 0 aliphatic heterocycles. The minimum atomic E-state index is 0.317. The van der Waals surface area contributed by atoms with Crippen LogP contribution in [-0.4, -0.2) is 4.98 Å². The standard InChI is InChI=1S/C12H6Cl3N3/c13-8-3-10(15)9(14)2-7(8)12-1-6(4-16)11(17)5-18-12/h1-3,5H,17H2. The van der Waals surface area contributed by atoms with Crippen LogP contribution in [0.4, 0.5) is 5.69 Å². The molecular formula is C12H6Cl3N3. The van der Waals surface area contributed by atoms with Crippen LogP contribution in [0.2, 0.25) is 15.1 Å². The third-order valence-corrected chi connectivity index (χ3v) is 3.38. The van der Waals surface area contributed by atoms with Crippen LogP contribution in [0.3, 0.4) is 0 Å². The molecule has 0 saturated heterocycles. The molecule has 2 aromatic rings. The van der Waals surface area contributed by atoms with Crippen molar-refractivity contribution < 1.29 is 0 Å². The molecule has 0 atom stereocenters. The number of rotatable bonds is 1. The van der Waals surface area contributed by atoms with Crippen LogP contribution in [-0.2, 0) is 0 Å². The number of nitrogens with zero attached hydrogens (tertiary/aromatic N) is 2. The first kappa shape index (κ1) is 13.0. The Morgan fingerprint density at radius 3 is 2.39 bits per heavy atom. The van der Waals surface area contributed by atoms with E-state index in [1.807, 2.05) is 6.07 Å². The summed E-state index contributed by atoms with van der Waals surface area (Å²) in [5, 5.41) is 10.1. The van der Waals surface area contributed by atoms with E-state index in [1.54, 1.807) is 12.1 Å². The fraction of sp³-hybridized carbons (Fsp3) is 0. The molecule has 1 heterocycles. The second kappa shape index (κ2) is 5.03. The van der Waals surface area contributed by atoms with Crippen molar-refractivity contribution in [3.8, 4) is 17.3 Å². The lowest BCUT2D eigenvalue weighted by molar-refractivity contribution is 1.31. The number of hydrogen-bond donors (Lipinski definition) is 1. The van der Waals surface area contributed by atoms with Crippen molar-refractivity contribution in [1.29, 1.82) is 5.26 Å². The summed E-state index contributed by atoms with van der Waals surface area (Å²) < 4.78 is 0. The molecule has 1 aromatic carbocycles. The van der Waals surface area contributed by atoms with Gasteiger partial charge in [-0.1, -0.05) is 34.8 Å². The maximum Gasteiger partial charge on any atom is 0.101 e. The Morgan fingerprint density at radius 1 is 1.06 bits per heavy atom. The highest BCUT2D eigenvalue weighted by atomic mass is 35.5. The summed E-state index contributed by atoms with van der Waals surface area (Å²) in [6.45, 7) is 0. The predicted molar refractivity (Wildman–Crippen MR) is 73.8 cm³/mol. The van der Waals surface area contributed by atoms with Gasteiger partial charge in [0.25, 0.3) is 0 Å². The Hall–Kier alpha value is -1.47. The summed E-state index contributed by atoms with van der Waals surface area (Å²) in [6.07, 6.45) is 1.41. The molecule has 6 heteroatoms. The fourth-order valence-electron chi connectivity index (χ4n) is 1.43. The summed E-state index contributed by atoms with van der Waals surface area (Å²) in [4.78, 5) is 4.13. The van der Waals surface area contributed by atoms with Crippen molar-refractivity contribution in [3.63, 3.8) is 0 Å². The van der Waals surface area contributed by atoms with E-state index in [0.717, 1.165) is 0 Å². The van der Waals surface area contributed by atoms with Gasteiger partial charge in [-0.15, -0.1) is 0 Å². The zero-order chi connectivity index (χ0) is 13.3. The number of pyridine rings is 1. The van der Waals surface area contributed by atoms with E-state index in [1.165, 1.54) is 12.3 Å². The zero-order valence-electron chi connectivity index (χ0n) is 8.92. The summed E-state index contributed by atoms with van der Waals surface area (Å²) in [5.74, 6) is 0. The Morgan fingerprint density at radius 2 is 1.72 bits per heavy atom. The van der Waals surface area contributed by atoms with E-state index in [-0.39, 0.29) is 0 Å². The average Bonchev–Trinajstić information content (AvgIpc) is 2.35. The van der Waals surface area contributed by atoms with E-state index in [4.69, 9.17) is 45.8 Å². The van der Waals surface area contributed by atoms with Crippen molar-refractivity contribution in [2.45, 2.75) is 0 Å². The van der Waals surface area contributed by atoms with Crippen molar-refractivity contribution in [1.82, 2.24) is 4.98 Å². The number of nitriles is 1. The van der Waals surface area contributed by atoms with Gasteiger partial charge >= 0.3 is 0 Å². The van der Waals surface area contributed by atoms with Gasteiger partial charge in [0.2, 0.25) is 0 Å². The van der Waals surface area contributed by atoms with E-state index < -0.39 is 0 Å². The lowest BCUT2D eigenvalue weighted by atomic mass is 10.1. The summed E-state index contributed by atoms with van der Waals surface area (Å²) >= 11 is 17.9. The van der Waals surface area contributed by atoms with E-state index in [9.17, 15) is 0 Å². The first-order valence-electron chi connectivity index (χ1n) is 4.83. The third kappa shape index (κ3) is 2.37. The molecule has 0 spiro atoms. The maximum absolute atomic E-state index is 8.92. The maximum atomic E-state index is 8.92. The molecule has 0 aliphatic carbocycles. The van der Waals surface area contributed by atoms with Gasteiger partial charge in [-0.2, -0.15) is 5.26 Å². The first-order chi connectivity index (χ1) is 8.52.